The van der Waals surface area contributed by atoms with Gasteiger partial charge in [-0.2, -0.15) is 0 Å². The molecule has 2 atom stereocenters. The van der Waals surface area contributed by atoms with Crippen molar-refractivity contribution in [3.63, 3.8) is 0 Å². The molecule has 1 aromatic heterocycles. The van der Waals surface area contributed by atoms with Crippen molar-refractivity contribution in [1.29, 1.82) is 0 Å². The number of aromatic nitrogens is 2. The van der Waals surface area contributed by atoms with Gasteiger partial charge in [0.2, 0.25) is 0 Å². The van der Waals surface area contributed by atoms with Crippen LogP contribution in [0.5, 0.6) is 0 Å². The molecule has 0 bridgehead atoms. The molecule has 0 saturated heterocycles. The predicted octanol–water partition coefficient (Wildman–Crippen LogP) is 3.68. The molecule has 1 saturated carbocycles. The quantitative estimate of drug-likeness (QED) is 0.624. The maximum atomic E-state index is 12.6. The van der Waals surface area contributed by atoms with Crippen molar-refractivity contribution < 1.29 is 9.59 Å². The van der Waals surface area contributed by atoms with Crippen molar-refractivity contribution in [2.24, 2.45) is 5.92 Å². The van der Waals surface area contributed by atoms with E-state index in [0.717, 1.165) is 22.3 Å². The van der Waals surface area contributed by atoms with Crippen LogP contribution < -0.4 is 0 Å². The molecule has 2 aromatic rings. The average molecular weight is 353 g/mol. The Hall–Kier alpha value is -2.51. The molecule has 0 N–H and O–H groups in total. The second kappa shape index (κ2) is 6.78. The molecule has 4 nitrogen and oxygen atoms in total. The van der Waals surface area contributed by atoms with Crippen LogP contribution in [0.4, 0.5) is 0 Å². The molecule has 1 aromatic carbocycles. The zero-order valence-electron chi connectivity index (χ0n) is 14.0. The number of terminal acetylenes is 1. The molecule has 5 heteroatoms. The first kappa shape index (κ1) is 17.3. The van der Waals surface area contributed by atoms with Gasteiger partial charge >= 0.3 is 0 Å². The van der Waals surface area contributed by atoms with Crippen molar-refractivity contribution >= 4 is 23.2 Å². The van der Waals surface area contributed by atoms with E-state index in [9.17, 15) is 9.59 Å². The molecule has 126 valence electrons. The van der Waals surface area contributed by atoms with Crippen LogP contribution in [0, 0.1) is 32.1 Å². The van der Waals surface area contributed by atoms with E-state index in [1.54, 1.807) is 0 Å². The fraction of sp³-hybridized carbons (Fsp3) is 0.300. The topological polar surface area (TPSA) is 59.9 Å². The predicted molar refractivity (Wildman–Crippen MR) is 96.3 cm³/mol. The van der Waals surface area contributed by atoms with Gasteiger partial charge in [-0.3, -0.25) is 9.59 Å². The van der Waals surface area contributed by atoms with E-state index >= 15 is 0 Å². The molecule has 0 radical (unpaired) electrons. The Morgan fingerprint density at radius 2 is 1.80 bits per heavy atom. The number of carbonyl (C=O) groups is 2. The van der Waals surface area contributed by atoms with E-state index in [0.29, 0.717) is 17.3 Å². The van der Waals surface area contributed by atoms with E-state index < -0.39 is 5.92 Å². The summed E-state index contributed by atoms with van der Waals surface area (Å²) in [6.45, 7) is 3.80. The summed E-state index contributed by atoms with van der Waals surface area (Å²) in [6.07, 6.45) is 8.94. The van der Waals surface area contributed by atoms with Crippen LogP contribution in [-0.2, 0) is 9.59 Å². The van der Waals surface area contributed by atoms with E-state index in [2.05, 4.69) is 15.9 Å². The number of ketones is 2. The Morgan fingerprint density at radius 3 is 2.36 bits per heavy atom. The van der Waals surface area contributed by atoms with Crippen LogP contribution in [0.2, 0.25) is 5.02 Å². The summed E-state index contributed by atoms with van der Waals surface area (Å²) in [7, 11) is 0. The van der Waals surface area contributed by atoms with Crippen LogP contribution in [0.15, 0.2) is 24.5 Å². The summed E-state index contributed by atoms with van der Waals surface area (Å²) in [5.41, 5.74) is 3.36. The molecule has 1 aliphatic carbocycles. The minimum absolute atomic E-state index is 0.0491. The standard InChI is InChI=1S/C20H17ClN2O2/c1-4-5-13-8-16(24)18(19(13)25)17-11(2)6-14(7-12(17)3)20-22-9-15(21)10-23-20/h1,6-7,9-10,13,18H,5,8H2,2-3H3/t13-,18?/m1/s1. The third kappa shape index (κ3) is 3.20. The second-order valence-electron chi connectivity index (χ2n) is 6.36. The number of hydrogen-bond acceptors (Lipinski definition) is 4. The summed E-state index contributed by atoms with van der Waals surface area (Å²) in [6, 6.07) is 3.81. The maximum absolute atomic E-state index is 12.6. The Morgan fingerprint density at radius 1 is 1.20 bits per heavy atom. The van der Waals surface area contributed by atoms with Gasteiger partial charge in [-0.15, -0.1) is 12.3 Å². The Bertz CT molecular complexity index is 874. The Labute approximate surface area is 151 Å². The van der Waals surface area contributed by atoms with Gasteiger partial charge in [-0.25, -0.2) is 9.97 Å². The van der Waals surface area contributed by atoms with Crippen molar-refractivity contribution in [3.8, 4) is 23.7 Å². The average Bonchev–Trinajstić information content (AvgIpc) is 2.83. The van der Waals surface area contributed by atoms with Crippen LogP contribution in [0.25, 0.3) is 11.4 Å². The zero-order chi connectivity index (χ0) is 18.1. The van der Waals surface area contributed by atoms with Crippen LogP contribution >= 0.6 is 11.6 Å². The maximum Gasteiger partial charge on any atom is 0.159 e. The fourth-order valence-corrected chi connectivity index (χ4v) is 3.59. The van der Waals surface area contributed by atoms with Crippen LogP contribution in [0.3, 0.4) is 0 Å². The van der Waals surface area contributed by atoms with Gasteiger partial charge < -0.3 is 0 Å². The molecular formula is C20H17ClN2O2. The molecule has 1 unspecified atom stereocenters. The number of benzene rings is 1. The normalized spacial score (nSPS) is 19.9. The van der Waals surface area contributed by atoms with Crippen molar-refractivity contribution in [2.45, 2.75) is 32.6 Å². The first-order chi connectivity index (χ1) is 11.9. The molecule has 1 heterocycles. The molecule has 0 spiro atoms. The highest BCUT2D eigenvalue weighted by Gasteiger charge is 2.42. The summed E-state index contributed by atoms with van der Waals surface area (Å²) >= 11 is 5.83. The number of carbonyl (C=O) groups excluding carboxylic acids is 2. The van der Waals surface area contributed by atoms with Gasteiger partial charge in [0.25, 0.3) is 0 Å². The van der Waals surface area contributed by atoms with E-state index in [-0.39, 0.29) is 23.9 Å². The van der Waals surface area contributed by atoms with Crippen LogP contribution in [0.1, 0.15) is 35.4 Å². The Kier molecular flexibility index (Phi) is 4.69. The number of hydrogen-bond donors (Lipinski definition) is 0. The minimum Gasteiger partial charge on any atom is -0.298 e. The third-order valence-electron chi connectivity index (χ3n) is 4.58. The number of nitrogens with zero attached hydrogens (tertiary/aromatic N) is 2. The SMILES string of the molecule is C#CC[C@@H]1CC(=O)C(c2c(C)cc(-c3ncc(Cl)cn3)cc2C)C1=O. The van der Waals surface area contributed by atoms with Crippen molar-refractivity contribution in [3.05, 3.63) is 46.2 Å². The van der Waals surface area contributed by atoms with Gasteiger partial charge in [-0.1, -0.05) is 11.6 Å². The number of rotatable bonds is 3. The first-order valence-electron chi connectivity index (χ1n) is 8.01. The van der Waals surface area contributed by atoms with E-state index in [1.807, 2.05) is 26.0 Å². The molecular weight excluding hydrogens is 336 g/mol. The molecule has 0 amide bonds. The summed E-state index contributed by atoms with van der Waals surface area (Å²) in [5, 5.41) is 0.468. The lowest BCUT2D eigenvalue weighted by Gasteiger charge is -2.16. The highest BCUT2D eigenvalue weighted by molar-refractivity contribution is 6.30. The van der Waals surface area contributed by atoms with Crippen LogP contribution in [-0.4, -0.2) is 21.5 Å². The Balaban J connectivity index is 2.01. The highest BCUT2D eigenvalue weighted by Crippen LogP contribution is 2.38. The summed E-state index contributed by atoms with van der Waals surface area (Å²) < 4.78 is 0. The zero-order valence-corrected chi connectivity index (χ0v) is 14.8. The van der Waals surface area contributed by atoms with E-state index in [1.165, 1.54) is 12.4 Å². The summed E-state index contributed by atoms with van der Waals surface area (Å²) in [4.78, 5) is 33.5. The molecule has 1 fully saturated rings. The van der Waals surface area contributed by atoms with Crippen molar-refractivity contribution in [1.82, 2.24) is 9.97 Å². The lowest BCUT2D eigenvalue weighted by Crippen LogP contribution is -2.17. The number of halogens is 1. The lowest BCUT2D eigenvalue weighted by molar-refractivity contribution is -0.124. The number of aryl methyl sites for hydroxylation is 2. The van der Waals surface area contributed by atoms with Gasteiger partial charge in [0.1, 0.15) is 11.7 Å². The van der Waals surface area contributed by atoms with Gasteiger partial charge in [-0.05, 0) is 42.7 Å². The first-order valence-corrected chi connectivity index (χ1v) is 8.39. The van der Waals surface area contributed by atoms with Crippen molar-refractivity contribution in [2.75, 3.05) is 0 Å². The molecule has 1 aliphatic rings. The molecule has 0 aliphatic heterocycles. The largest absolute Gasteiger partial charge is 0.298 e. The fourth-order valence-electron chi connectivity index (χ4n) is 3.49. The highest BCUT2D eigenvalue weighted by atomic mass is 35.5. The third-order valence-corrected chi connectivity index (χ3v) is 4.78. The van der Waals surface area contributed by atoms with Gasteiger partial charge in [0, 0.05) is 36.7 Å². The number of Topliss-reactive ketones (excluding diaryl/α,β-unsaturated/α-hetero) is 2. The van der Waals surface area contributed by atoms with E-state index in [4.69, 9.17) is 18.0 Å². The molecule has 3 rings (SSSR count). The van der Waals surface area contributed by atoms with Gasteiger partial charge in [0.15, 0.2) is 11.6 Å². The minimum atomic E-state index is -0.710. The summed E-state index contributed by atoms with van der Waals surface area (Å²) in [5.74, 6) is 1.86. The smallest absolute Gasteiger partial charge is 0.159 e. The lowest BCUT2D eigenvalue weighted by atomic mass is 9.86. The second-order valence-corrected chi connectivity index (χ2v) is 6.80. The van der Waals surface area contributed by atoms with Gasteiger partial charge in [0.05, 0.1) is 5.02 Å². The monoisotopic (exact) mass is 352 g/mol. The molecule has 25 heavy (non-hydrogen) atoms.